The molecule has 1 rings (SSSR count). The van der Waals surface area contributed by atoms with Gasteiger partial charge in [0.05, 0.1) is 6.04 Å². The van der Waals surface area contributed by atoms with Gasteiger partial charge in [-0.2, -0.15) is 13.2 Å². The summed E-state index contributed by atoms with van der Waals surface area (Å²) in [7, 11) is 0. The van der Waals surface area contributed by atoms with Crippen LogP contribution in [-0.2, 0) is 4.79 Å². The largest absolute Gasteiger partial charge is 0.508 e. The van der Waals surface area contributed by atoms with Crippen molar-refractivity contribution in [3.8, 4) is 5.75 Å². The number of phenols is 1. The van der Waals surface area contributed by atoms with E-state index in [1.165, 1.54) is 6.92 Å². The third-order valence-electron chi connectivity index (χ3n) is 2.06. The smallest absolute Gasteiger partial charge is 0.471 e. The van der Waals surface area contributed by atoms with Crippen molar-refractivity contribution in [2.75, 3.05) is 0 Å². The SMILES string of the molecule is CC(NC(=O)C(F)(F)F)c1cc(F)ccc1O. The highest BCUT2D eigenvalue weighted by molar-refractivity contribution is 5.82. The molecule has 0 saturated carbocycles. The number of alkyl halides is 3. The summed E-state index contributed by atoms with van der Waals surface area (Å²) in [6.45, 7) is 1.21. The van der Waals surface area contributed by atoms with Gasteiger partial charge in [0.2, 0.25) is 0 Å². The second kappa shape index (κ2) is 4.60. The lowest BCUT2D eigenvalue weighted by Gasteiger charge is -2.16. The van der Waals surface area contributed by atoms with Crippen molar-refractivity contribution >= 4 is 5.91 Å². The summed E-state index contributed by atoms with van der Waals surface area (Å²) in [6.07, 6.45) is -5.02. The Morgan fingerprint density at radius 2 is 2.00 bits per heavy atom. The van der Waals surface area contributed by atoms with E-state index in [2.05, 4.69) is 0 Å². The predicted molar refractivity (Wildman–Crippen MR) is 50.7 cm³/mol. The van der Waals surface area contributed by atoms with Crippen LogP contribution in [0, 0.1) is 5.82 Å². The highest BCUT2D eigenvalue weighted by Gasteiger charge is 2.39. The van der Waals surface area contributed by atoms with Crippen LogP contribution >= 0.6 is 0 Å². The molecule has 1 aromatic rings. The number of amides is 1. The van der Waals surface area contributed by atoms with Gasteiger partial charge in [-0.1, -0.05) is 0 Å². The zero-order valence-corrected chi connectivity index (χ0v) is 8.68. The number of phenolic OH excluding ortho intramolecular Hbond substituents is 1. The third kappa shape index (κ3) is 3.33. The normalized spacial score (nSPS) is 13.2. The minimum absolute atomic E-state index is 0.123. The van der Waals surface area contributed by atoms with Crippen molar-refractivity contribution in [1.29, 1.82) is 0 Å². The fraction of sp³-hybridized carbons (Fsp3) is 0.300. The Balaban J connectivity index is 2.87. The summed E-state index contributed by atoms with van der Waals surface area (Å²) >= 11 is 0. The Labute approximate surface area is 94.1 Å². The molecule has 7 heteroatoms. The van der Waals surface area contributed by atoms with Gasteiger partial charge in [-0.05, 0) is 25.1 Å². The molecule has 0 bridgehead atoms. The fourth-order valence-electron chi connectivity index (χ4n) is 1.23. The van der Waals surface area contributed by atoms with Crippen LogP contribution in [-0.4, -0.2) is 17.2 Å². The molecule has 0 aromatic heterocycles. The van der Waals surface area contributed by atoms with Gasteiger partial charge < -0.3 is 10.4 Å². The van der Waals surface area contributed by atoms with Crippen molar-refractivity contribution in [2.45, 2.75) is 19.1 Å². The van der Waals surface area contributed by atoms with Crippen molar-refractivity contribution in [3.05, 3.63) is 29.6 Å². The maximum absolute atomic E-state index is 12.8. The van der Waals surface area contributed by atoms with Gasteiger partial charge in [0.1, 0.15) is 11.6 Å². The Morgan fingerprint density at radius 3 is 2.53 bits per heavy atom. The number of hydrogen-bond donors (Lipinski definition) is 2. The predicted octanol–water partition coefficient (Wildman–Crippen LogP) is 2.27. The zero-order valence-electron chi connectivity index (χ0n) is 8.68. The van der Waals surface area contributed by atoms with Gasteiger partial charge in [0, 0.05) is 5.56 Å². The summed E-state index contributed by atoms with van der Waals surface area (Å²) < 4.78 is 48.7. The van der Waals surface area contributed by atoms with E-state index >= 15 is 0 Å². The molecule has 0 fully saturated rings. The molecule has 0 spiro atoms. The molecule has 17 heavy (non-hydrogen) atoms. The van der Waals surface area contributed by atoms with E-state index in [0.29, 0.717) is 0 Å². The van der Waals surface area contributed by atoms with E-state index in [4.69, 9.17) is 0 Å². The monoisotopic (exact) mass is 251 g/mol. The van der Waals surface area contributed by atoms with E-state index in [9.17, 15) is 27.5 Å². The second-order valence-corrected chi connectivity index (χ2v) is 3.40. The minimum Gasteiger partial charge on any atom is -0.508 e. The van der Waals surface area contributed by atoms with Crippen LogP contribution in [0.25, 0.3) is 0 Å². The van der Waals surface area contributed by atoms with Gasteiger partial charge in [0.25, 0.3) is 0 Å². The van der Waals surface area contributed by atoms with Crippen LogP contribution in [0.2, 0.25) is 0 Å². The van der Waals surface area contributed by atoms with E-state index < -0.39 is 23.9 Å². The lowest BCUT2D eigenvalue weighted by Crippen LogP contribution is -2.38. The van der Waals surface area contributed by atoms with Crippen molar-refractivity contribution in [3.63, 3.8) is 0 Å². The highest BCUT2D eigenvalue weighted by Crippen LogP contribution is 2.26. The lowest BCUT2D eigenvalue weighted by atomic mass is 10.1. The minimum atomic E-state index is -5.02. The Morgan fingerprint density at radius 1 is 1.41 bits per heavy atom. The van der Waals surface area contributed by atoms with Gasteiger partial charge in [-0.15, -0.1) is 0 Å². The first-order chi connectivity index (χ1) is 7.71. The van der Waals surface area contributed by atoms with Gasteiger partial charge in [0.15, 0.2) is 0 Å². The molecule has 0 aliphatic heterocycles. The molecule has 94 valence electrons. The number of rotatable bonds is 2. The van der Waals surface area contributed by atoms with Gasteiger partial charge >= 0.3 is 12.1 Å². The molecule has 1 unspecified atom stereocenters. The first kappa shape index (κ1) is 13.3. The molecule has 0 aliphatic carbocycles. The molecule has 1 amide bonds. The molecule has 0 saturated heterocycles. The Bertz CT molecular complexity index is 431. The van der Waals surface area contributed by atoms with E-state index in [-0.39, 0.29) is 11.3 Å². The second-order valence-electron chi connectivity index (χ2n) is 3.40. The number of hydrogen-bond acceptors (Lipinski definition) is 2. The molecular weight excluding hydrogens is 242 g/mol. The molecule has 0 aliphatic rings. The van der Waals surface area contributed by atoms with Crippen LogP contribution in [0.3, 0.4) is 0 Å². The topological polar surface area (TPSA) is 49.3 Å². The van der Waals surface area contributed by atoms with Crippen LogP contribution < -0.4 is 5.32 Å². The molecule has 0 heterocycles. The first-order valence-electron chi connectivity index (χ1n) is 4.58. The summed E-state index contributed by atoms with van der Waals surface area (Å²) in [5.74, 6) is -3.25. The first-order valence-corrected chi connectivity index (χ1v) is 4.58. The number of carbonyl (C=O) groups is 1. The summed E-state index contributed by atoms with van der Waals surface area (Å²) in [6, 6.07) is 1.66. The quantitative estimate of drug-likeness (QED) is 0.792. The number of carbonyl (C=O) groups excluding carboxylic acids is 1. The Hall–Kier alpha value is -1.79. The van der Waals surface area contributed by atoms with Crippen LogP contribution in [0.4, 0.5) is 17.6 Å². The number of benzene rings is 1. The number of aromatic hydroxyl groups is 1. The van der Waals surface area contributed by atoms with Crippen LogP contribution in [0.1, 0.15) is 18.5 Å². The van der Waals surface area contributed by atoms with Crippen molar-refractivity contribution < 1.29 is 27.5 Å². The third-order valence-corrected chi connectivity index (χ3v) is 2.06. The molecule has 1 atom stereocenters. The van der Waals surface area contributed by atoms with E-state index in [1.54, 1.807) is 5.32 Å². The summed E-state index contributed by atoms with van der Waals surface area (Å²) in [5, 5.41) is 10.9. The maximum Gasteiger partial charge on any atom is 0.471 e. The van der Waals surface area contributed by atoms with E-state index in [0.717, 1.165) is 18.2 Å². The molecule has 3 nitrogen and oxygen atoms in total. The standard InChI is InChI=1S/C10H9F4NO2/c1-5(15-9(17)10(12,13)14)7-4-6(11)2-3-8(7)16/h2-5,16H,1H3,(H,15,17). The summed E-state index contributed by atoms with van der Waals surface area (Å²) in [4.78, 5) is 10.6. The number of halogens is 4. The number of nitrogens with one attached hydrogen (secondary N) is 1. The van der Waals surface area contributed by atoms with Crippen LogP contribution in [0.5, 0.6) is 5.75 Å². The fourth-order valence-corrected chi connectivity index (χ4v) is 1.23. The lowest BCUT2D eigenvalue weighted by molar-refractivity contribution is -0.174. The molecule has 2 N–H and O–H groups in total. The van der Waals surface area contributed by atoms with Gasteiger partial charge in [-0.25, -0.2) is 4.39 Å². The average molecular weight is 251 g/mol. The van der Waals surface area contributed by atoms with Crippen molar-refractivity contribution in [2.24, 2.45) is 0 Å². The zero-order chi connectivity index (χ0) is 13.2. The Kier molecular flexibility index (Phi) is 3.59. The van der Waals surface area contributed by atoms with E-state index in [1.807, 2.05) is 0 Å². The average Bonchev–Trinajstić information content (AvgIpc) is 2.20. The van der Waals surface area contributed by atoms with Gasteiger partial charge in [-0.3, -0.25) is 4.79 Å². The maximum atomic E-state index is 12.8. The molecular formula is C10H9F4NO2. The van der Waals surface area contributed by atoms with Crippen LogP contribution in [0.15, 0.2) is 18.2 Å². The molecule has 1 aromatic carbocycles. The molecule has 0 radical (unpaired) electrons. The van der Waals surface area contributed by atoms with Crippen molar-refractivity contribution in [1.82, 2.24) is 5.32 Å². The summed E-state index contributed by atoms with van der Waals surface area (Å²) in [5.41, 5.74) is -0.123. The highest BCUT2D eigenvalue weighted by atomic mass is 19.4.